The van der Waals surface area contributed by atoms with E-state index >= 15 is 19.2 Å². The summed E-state index contributed by atoms with van der Waals surface area (Å²) in [7, 11) is 0. The average Bonchev–Trinajstić information content (AvgIpc) is 0.743. The molecule has 1 aliphatic heterocycles. The lowest BCUT2D eigenvalue weighted by atomic mass is 9.68. The lowest BCUT2D eigenvalue weighted by Gasteiger charge is -2.43. The molecule has 3 aromatic rings. The fourth-order valence-electron chi connectivity index (χ4n) is 15.1. The fraction of sp³-hybridized carbons (Fsp3) is 0.583. The number of amides is 12. The van der Waals surface area contributed by atoms with Gasteiger partial charge in [-0.2, -0.15) is 0 Å². The van der Waals surface area contributed by atoms with Crippen LogP contribution in [0.1, 0.15) is 198 Å². The van der Waals surface area contributed by atoms with Gasteiger partial charge >= 0.3 is 5.97 Å². The number of carbonyl (C=O) groups is 13. The Hall–Kier alpha value is -12.2. The summed E-state index contributed by atoms with van der Waals surface area (Å²) in [4.78, 5) is 185. The molecule has 3 aromatic carbocycles. The smallest absolute Gasteiger partial charge is 0.326 e. The normalized spacial score (nSPS) is 16.1. The lowest BCUT2D eigenvalue weighted by molar-refractivity contribution is -0.523. The SMILES string of the molecule is CCN(CC)c1ccc2c(c1)OC1CC(=[N+](CC)CC)CCC1C2c1ccccc1C(=O)N[C@@H](CCC(N)=O)C(=O)N[C@@H](CCCNC(=N)N)C(=O)N[C@@H](CC(C)C)C(=O)N[C@@H](Cc1ccccc1)C(=O)N[C@@H](CCC(N)=O)C(=O)N[C@H](C(=O)N[C@@H](CCCCN)C(=O)NCC(=O)N[C@@H](CCCNC(=N)N)C(=O)N[C@@H](CCCNC(=N)[NH-])C(=O)O)C(C)C. The number of nitrogens with one attached hydrogen (secondary N) is 17. The number of guanidine groups is 3. The second-order valence-electron chi connectivity index (χ2n) is 31.6. The van der Waals surface area contributed by atoms with Gasteiger partial charge < -0.3 is 124 Å². The molecule has 39 nitrogen and oxygen atoms in total. The molecular formula is C84H132N24O15. The largest absolute Gasteiger partial charge is 0.489 e. The molecule has 0 saturated heterocycles. The highest BCUT2D eigenvalue weighted by Gasteiger charge is 2.46. The number of hydrogen-bond donors (Lipinski definition) is 22. The number of anilines is 1. The molecule has 2 aliphatic rings. The maximum absolute atomic E-state index is 15.2. The van der Waals surface area contributed by atoms with E-state index in [1.165, 1.54) is 5.71 Å². The van der Waals surface area contributed by atoms with Crippen molar-refractivity contribution in [2.45, 2.75) is 237 Å². The van der Waals surface area contributed by atoms with Crippen molar-refractivity contribution in [2.24, 2.45) is 46.4 Å². The van der Waals surface area contributed by atoms with Gasteiger partial charge in [-0.1, -0.05) is 82.3 Å². The zero-order valence-corrected chi connectivity index (χ0v) is 72.0. The standard InChI is InChI=1S/C84H132N24O15/c1-9-107(10-2)51-31-33-55-65(45-51)123-66-46-52(108(11-3)12-4)32-34-56(66)70(55)53-25-16-17-26-54(53)72(112)99-60(35-37-67(86)109)76(116)100-59(29-21-41-95-83(90)91)75(115)104-63(43-48(5)6)78(118)105-64(44-50-23-14-13-15-24-50)79(119)101-61(36-38-68(87)110)77(117)106-71(49(7)8)80(120)102-57(27-18-19-39-85)73(113)97-47-69(111)98-58(28-20-40-94-82(88)89)74(114)103-62(81(121)122)30-22-42-96-84(92)93/h13-17,23-26,31,33,45,48-49,56-64,66,70-71H,9-12,18-22,27-30,32,34-44,46-47,85H2,1-8H3,(H26-,86,87,88,89,90,91,92,93,94,95,96,97,98,99,100,101,102,103,104,105,106,109,110,111,112,113,114,115,116,117,118,119,120,121,122)/t56?,57-,58-,59-,60-,61-,62-,63-,64-,66?,70?,71-/m0/s1. The molecule has 12 amide bonds. The van der Waals surface area contributed by atoms with E-state index in [4.69, 9.17) is 55.4 Å². The van der Waals surface area contributed by atoms with E-state index in [1.54, 1.807) is 70.2 Å². The molecule has 39 heteroatoms. The molecule has 123 heavy (non-hydrogen) atoms. The number of unbranched alkanes of at least 4 members (excludes halogenated alkanes) is 1. The molecule has 678 valence electrons. The summed E-state index contributed by atoms with van der Waals surface area (Å²) in [6.45, 7) is 18.0. The Morgan fingerprint density at radius 1 is 0.537 bits per heavy atom. The number of nitrogens with two attached hydrogens (primary N) is 5. The Balaban J connectivity index is 1.40. The molecule has 1 heterocycles. The first-order chi connectivity index (χ1) is 58.5. The van der Waals surface area contributed by atoms with Gasteiger partial charge in [0.1, 0.15) is 79.3 Å². The van der Waals surface area contributed by atoms with Gasteiger partial charge in [0.2, 0.25) is 65.0 Å². The summed E-state index contributed by atoms with van der Waals surface area (Å²) < 4.78 is 9.34. The topological polar surface area (TPSA) is 639 Å². The minimum atomic E-state index is -1.64. The number of benzene rings is 3. The van der Waals surface area contributed by atoms with Gasteiger partial charge in [-0.15, -0.1) is 0 Å². The van der Waals surface area contributed by atoms with Gasteiger partial charge in [-0.05, 0) is 165 Å². The molecule has 1 saturated carbocycles. The van der Waals surface area contributed by atoms with Crippen LogP contribution in [-0.2, 0) is 64.0 Å². The third kappa shape index (κ3) is 34.0. The zero-order chi connectivity index (χ0) is 91.0. The van der Waals surface area contributed by atoms with Crippen LogP contribution in [0.3, 0.4) is 0 Å². The second kappa shape index (κ2) is 52.2. The molecule has 12 atom stereocenters. The average molecular weight is 1720 g/mol. The first-order valence-electron chi connectivity index (χ1n) is 42.5. The molecule has 0 bridgehead atoms. The van der Waals surface area contributed by atoms with Crippen LogP contribution in [0.4, 0.5) is 5.69 Å². The highest BCUT2D eigenvalue weighted by molar-refractivity contribution is 6.01. The molecule has 1 aliphatic carbocycles. The first kappa shape index (κ1) is 101. The number of rotatable bonds is 54. The first-order valence-corrected chi connectivity index (χ1v) is 42.5. The number of carboxylic acid groups (broad SMARTS) is 1. The summed E-state index contributed by atoms with van der Waals surface area (Å²) in [5.41, 5.74) is 40.1. The van der Waals surface area contributed by atoms with Gasteiger partial charge in [-0.25, -0.2) is 9.37 Å². The monoisotopic (exact) mass is 1720 g/mol. The van der Waals surface area contributed by atoms with Crippen molar-refractivity contribution in [3.8, 4) is 5.75 Å². The number of carboxylic acids is 1. The van der Waals surface area contributed by atoms with Crippen molar-refractivity contribution in [3.05, 3.63) is 101 Å². The van der Waals surface area contributed by atoms with Crippen molar-refractivity contribution in [1.29, 1.82) is 16.2 Å². The molecule has 1 fully saturated rings. The molecule has 3 unspecified atom stereocenters. The molecule has 0 spiro atoms. The van der Waals surface area contributed by atoms with Crippen LogP contribution < -0.4 is 107 Å². The lowest BCUT2D eigenvalue weighted by Crippen LogP contribution is -2.61. The summed E-state index contributed by atoms with van der Waals surface area (Å²) in [5, 5.41) is 66.5. The number of fused-ring (bicyclic) bond motifs is 2. The number of hydrogen-bond acceptors (Lipinski definition) is 19. The van der Waals surface area contributed by atoms with Crippen LogP contribution in [0.25, 0.3) is 5.73 Å². The highest BCUT2D eigenvalue weighted by atomic mass is 16.5. The Labute approximate surface area is 719 Å². The Morgan fingerprint density at radius 2 is 1.02 bits per heavy atom. The Morgan fingerprint density at radius 3 is 1.57 bits per heavy atom. The minimum absolute atomic E-state index is 0.0354. The summed E-state index contributed by atoms with van der Waals surface area (Å²) in [5.74, 6) is -14.0. The zero-order valence-electron chi connectivity index (χ0n) is 72.0. The van der Waals surface area contributed by atoms with Crippen molar-refractivity contribution >= 4 is 106 Å². The number of carbonyl (C=O) groups excluding carboxylic acids is 12. The van der Waals surface area contributed by atoms with E-state index in [9.17, 15) is 48.3 Å². The molecular weight excluding hydrogens is 1590 g/mol. The van der Waals surface area contributed by atoms with Gasteiger partial charge in [0.15, 0.2) is 17.6 Å². The van der Waals surface area contributed by atoms with Crippen LogP contribution in [-0.4, -0.2) is 230 Å². The van der Waals surface area contributed by atoms with Crippen molar-refractivity contribution < 1.29 is 76.7 Å². The van der Waals surface area contributed by atoms with E-state index in [0.29, 0.717) is 29.7 Å². The van der Waals surface area contributed by atoms with Gasteiger partial charge in [-0.3, -0.25) is 68.4 Å². The third-order valence-electron chi connectivity index (χ3n) is 21.6. The van der Waals surface area contributed by atoms with E-state index < -0.39 is 162 Å². The molecule has 28 N–H and O–H groups in total. The van der Waals surface area contributed by atoms with Crippen molar-refractivity contribution in [1.82, 2.24) is 69.1 Å². The van der Waals surface area contributed by atoms with Crippen LogP contribution in [0.5, 0.6) is 5.75 Å². The number of aliphatic carboxylic acids is 1. The highest BCUT2D eigenvalue weighted by Crippen LogP contribution is 2.50. The Kier molecular flexibility index (Phi) is 43.0. The predicted molar refractivity (Wildman–Crippen MR) is 466 cm³/mol. The van der Waals surface area contributed by atoms with E-state index in [2.05, 4.69) is 124 Å². The number of primary amides is 2. The molecule has 0 radical (unpaired) electrons. The molecule has 5 rings (SSSR count). The van der Waals surface area contributed by atoms with Gasteiger partial charge in [0.05, 0.1) is 13.0 Å². The van der Waals surface area contributed by atoms with Crippen molar-refractivity contribution in [2.75, 3.05) is 63.8 Å². The third-order valence-corrected chi connectivity index (χ3v) is 21.6. The number of nitrogens with zero attached hydrogens (tertiary/aromatic N) is 2. The Bertz CT molecular complexity index is 4140. The van der Waals surface area contributed by atoms with Crippen LogP contribution >= 0.6 is 0 Å². The molecule has 0 aromatic heterocycles. The predicted octanol–water partition coefficient (Wildman–Crippen LogP) is 0.385. The quantitative estimate of drug-likeness (QED) is 0.0157. The van der Waals surface area contributed by atoms with Crippen LogP contribution in [0.2, 0.25) is 0 Å². The minimum Gasteiger partial charge on any atom is -0.489 e. The van der Waals surface area contributed by atoms with Gasteiger partial charge in [0.25, 0.3) is 5.91 Å². The van der Waals surface area contributed by atoms with Crippen LogP contribution in [0.15, 0.2) is 72.8 Å². The summed E-state index contributed by atoms with van der Waals surface area (Å²) in [6, 6.07) is 8.59. The maximum atomic E-state index is 15.2. The summed E-state index contributed by atoms with van der Waals surface area (Å²) in [6.07, 6.45) is 0.876. The van der Waals surface area contributed by atoms with Crippen LogP contribution in [0, 0.1) is 34.0 Å². The second-order valence-corrected chi connectivity index (χ2v) is 31.6. The van der Waals surface area contributed by atoms with Crippen molar-refractivity contribution in [3.63, 3.8) is 0 Å². The van der Waals surface area contributed by atoms with E-state index in [1.807, 2.05) is 12.1 Å². The maximum Gasteiger partial charge on any atom is 0.326 e. The summed E-state index contributed by atoms with van der Waals surface area (Å²) >= 11 is 0. The fourth-order valence-corrected chi connectivity index (χ4v) is 15.1. The van der Waals surface area contributed by atoms with E-state index in [0.717, 1.165) is 50.3 Å². The number of ether oxygens (including phenoxy) is 1. The van der Waals surface area contributed by atoms with E-state index in [-0.39, 0.29) is 145 Å². The van der Waals surface area contributed by atoms with Gasteiger partial charge in [0, 0.05) is 86.6 Å².